The maximum Gasteiger partial charge on any atom is 0.235 e. The fourth-order valence-electron chi connectivity index (χ4n) is 1.57. The van der Waals surface area contributed by atoms with E-state index < -0.39 is 11.8 Å². The summed E-state index contributed by atoms with van der Waals surface area (Å²) >= 11 is 11.0. The SMILES string of the molecule is COc1ccc(NC(=O)C(CC=C(Cl)Cl)C(C)=O)cc1. The first-order valence-corrected chi connectivity index (χ1v) is 6.66. The number of carbonyl (C=O) groups excluding carboxylic acids is 2. The van der Waals surface area contributed by atoms with Crippen molar-refractivity contribution in [3.8, 4) is 5.75 Å². The lowest BCUT2D eigenvalue weighted by Gasteiger charge is -2.12. The second kappa shape index (κ2) is 7.92. The molecule has 0 fully saturated rings. The number of allylic oxidation sites excluding steroid dienone is 1. The van der Waals surface area contributed by atoms with E-state index in [1.165, 1.54) is 13.0 Å². The highest BCUT2D eigenvalue weighted by Gasteiger charge is 2.22. The highest BCUT2D eigenvalue weighted by atomic mass is 35.5. The van der Waals surface area contributed by atoms with Gasteiger partial charge in [0.25, 0.3) is 0 Å². The third-order valence-electron chi connectivity index (χ3n) is 2.67. The quantitative estimate of drug-likeness (QED) is 0.817. The molecule has 0 aliphatic heterocycles. The third kappa shape index (κ3) is 5.23. The molecule has 0 aliphatic rings. The predicted octanol–water partition coefficient (Wildman–Crippen LogP) is 3.55. The van der Waals surface area contributed by atoms with Gasteiger partial charge >= 0.3 is 0 Å². The molecular weight excluding hydrogens is 301 g/mol. The molecule has 0 heterocycles. The van der Waals surface area contributed by atoms with E-state index in [0.717, 1.165) is 0 Å². The molecule has 0 aromatic heterocycles. The zero-order valence-electron chi connectivity index (χ0n) is 11.2. The Morgan fingerprint density at radius 3 is 2.35 bits per heavy atom. The monoisotopic (exact) mass is 315 g/mol. The lowest BCUT2D eigenvalue weighted by atomic mass is 10.00. The number of benzene rings is 1. The van der Waals surface area contributed by atoms with Gasteiger partial charge in [-0.3, -0.25) is 9.59 Å². The fourth-order valence-corrected chi connectivity index (χ4v) is 1.75. The number of halogens is 2. The summed E-state index contributed by atoms with van der Waals surface area (Å²) in [5.41, 5.74) is 0.586. The number of carbonyl (C=O) groups is 2. The maximum atomic E-state index is 12.0. The minimum absolute atomic E-state index is 0.0356. The van der Waals surface area contributed by atoms with Gasteiger partial charge in [0.1, 0.15) is 21.9 Å². The standard InChI is InChI=1S/C14H15Cl2NO3/c1-9(18)12(7-8-13(15)16)14(19)17-10-3-5-11(20-2)6-4-10/h3-6,8,12H,7H2,1-2H3,(H,17,19). The van der Waals surface area contributed by atoms with Crippen molar-refractivity contribution in [2.24, 2.45) is 5.92 Å². The first kappa shape index (κ1) is 16.5. The van der Waals surface area contributed by atoms with E-state index in [-0.39, 0.29) is 16.7 Å². The molecule has 1 aromatic rings. The number of ketones is 1. The van der Waals surface area contributed by atoms with Gasteiger partial charge < -0.3 is 10.1 Å². The molecule has 0 saturated heterocycles. The van der Waals surface area contributed by atoms with Gasteiger partial charge in [-0.05, 0) is 37.6 Å². The minimum atomic E-state index is -0.815. The van der Waals surface area contributed by atoms with Crippen LogP contribution in [0, 0.1) is 5.92 Å². The molecule has 108 valence electrons. The van der Waals surface area contributed by atoms with Crippen LogP contribution >= 0.6 is 23.2 Å². The molecule has 1 atom stereocenters. The summed E-state index contributed by atoms with van der Waals surface area (Å²) in [7, 11) is 1.56. The Bertz CT molecular complexity index is 508. The molecule has 20 heavy (non-hydrogen) atoms. The zero-order valence-corrected chi connectivity index (χ0v) is 12.7. The van der Waals surface area contributed by atoms with Gasteiger partial charge in [0.2, 0.25) is 5.91 Å². The molecule has 0 saturated carbocycles. The number of hydrogen-bond donors (Lipinski definition) is 1. The van der Waals surface area contributed by atoms with Crippen molar-refractivity contribution in [3.05, 3.63) is 34.8 Å². The minimum Gasteiger partial charge on any atom is -0.497 e. The van der Waals surface area contributed by atoms with Gasteiger partial charge in [0.05, 0.1) is 7.11 Å². The molecule has 4 nitrogen and oxygen atoms in total. The van der Waals surface area contributed by atoms with Gasteiger partial charge in [-0.15, -0.1) is 0 Å². The summed E-state index contributed by atoms with van der Waals surface area (Å²) < 4.78 is 5.06. The summed E-state index contributed by atoms with van der Waals surface area (Å²) in [6.07, 6.45) is 1.60. The summed E-state index contributed by atoms with van der Waals surface area (Å²) in [5.74, 6) is -0.775. The highest BCUT2D eigenvalue weighted by molar-refractivity contribution is 6.55. The number of rotatable bonds is 6. The van der Waals surface area contributed by atoms with E-state index in [1.807, 2.05) is 0 Å². The number of ether oxygens (including phenoxy) is 1. The molecule has 1 N–H and O–H groups in total. The van der Waals surface area contributed by atoms with Crippen molar-refractivity contribution in [3.63, 3.8) is 0 Å². The van der Waals surface area contributed by atoms with Crippen molar-refractivity contribution in [2.45, 2.75) is 13.3 Å². The van der Waals surface area contributed by atoms with Crippen LogP contribution in [0.3, 0.4) is 0 Å². The molecule has 1 rings (SSSR count). The van der Waals surface area contributed by atoms with E-state index in [2.05, 4.69) is 5.32 Å². The Hall–Kier alpha value is -1.52. The summed E-state index contributed by atoms with van der Waals surface area (Å²) in [6, 6.07) is 6.82. The predicted molar refractivity (Wildman–Crippen MR) is 80.2 cm³/mol. The van der Waals surface area contributed by atoms with Crippen molar-refractivity contribution in [1.29, 1.82) is 0 Å². The highest BCUT2D eigenvalue weighted by Crippen LogP contribution is 2.18. The van der Waals surface area contributed by atoms with E-state index in [9.17, 15) is 9.59 Å². The topological polar surface area (TPSA) is 55.4 Å². The number of anilines is 1. The molecule has 1 unspecified atom stereocenters. The smallest absolute Gasteiger partial charge is 0.235 e. The van der Waals surface area contributed by atoms with Gasteiger partial charge in [-0.25, -0.2) is 0 Å². The summed E-state index contributed by atoms with van der Waals surface area (Å²) in [5, 5.41) is 2.67. The van der Waals surface area contributed by atoms with Crippen LogP contribution in [0.5, 0.6) is 5.75 Å². The Kier molecular flexibility index (Phi) is 6.55. The van der Waals surface area contributed by atoms with Gasteiger partial charge in [0.15, 0.2) is 0 Å². The maximum absolute atomic E-state index is 12.0. The van der Waals surface area contributed by atoms with Gasteiger partial charge in [-0.2, -0.15) is 0 Å². The molecule has 6 heteroatoms. The van der Waals surface area contributed by atoms with E-state index >= 15 is 0 Å². The Balaban J connectivity index is 2.74. The molecule has 0 radical (unpaired) electrons. The van der Waals surface area contributed by atoms with Gasteiger partial charge in [-0.1, -0.05) is 29.3 Å². The molecule has 0 bridgehead atoms. The van der Waals surface area contributed by atoms with Crippen molar-refractivity contribution >= 4 is 40.6 Å². The second-order valence-electron chi connectivity index (χ2n) is 4.11. The first-order valence-electron chi connectivity index (χ1n) is 5.90. The van der Waals surface area contributed by atoms with Crippen LogP contribution in [0.25, 0.3) is 0 Å². The molecular formula is C14H15Cl2NO3. The fraction of sp³-hybridized carbons (Fsp3) is 0.286. The molecule has 0 aliphatic carbocycles. The van der Waals surface area contributed by atoms with Crippen LogP contribution in [-0.2, 0) is 9.59 Å². The largest absolute Gasteiger partial charge is 0.497 e. The number of Topliss-reactive ketones (excluding diaryl/α,β-unsaturated/α-hetero) is 1. The summed E-state index contributed by atoms with van der Waals surface area (Å²) in [4.78, 5) is 23.5. The van der Waals surface area contributed by atoms with Crippen LogP contribution in [0.1, 0.15) is 13.3 Å². The van der Waals surface area contributed by atoms with Crippen LogP contribution in [0.2, 0.25) is 0 Å². The first-order chi connectivity index (χ1) is 9.43. The number of methoxy groups -OCH3 is 1. The normalized spacial score (nSPS) is 11.4. The van der Waals surface area contributed by atoms with Crippen LogP contribution < -0.4 is 10.1 Å². The number of nitrogens with one attached hydrogen (secondary N) is 1. The van der Waals surface area contributed by atoms with Gasteiger partial charge in [0, 0.05) is 5.69 Å². The van der Waals surface area contributed by atoms with Crippen LogP contribution in [0.15, 0.2) is 34.8 Å². The molecule has 0 spiro atoms. The second-order valence-corrected chi connectivity index (χ2v) is 5.12. The van der Waals surface area contributed by atoms with Crippen molar-refractivity contribution < 1.29 is 14.3 Å². The Labute approximate surface area is 127 Å². The average Bonchev–Trinajstić information content (AvgIpc) is 2.39. The van der Waals surface area contributed by atoms with Crippen molar-refractivity contribution in [1.82, 2.24) is 0 Å². The lowest BCUT2D eigenvalue weighted by molar-refractivity contribution is -0.129. The lowest BCUT2D eigenvalue weighted by Crippen LogP contribution is -2.27. The molecule has 1 aromatic carbocycles. The summed E-state index contributed by atoms with van der Waals surface area (Å²) in [6.45, 7) is 1.36. The van der Waals surface area contributed by atoms with Crippen LogP contribution in [0.4, 0.5) is 5.69 Å². The van der Waals surface area contributed by atoms with Crippen molar-refractivity contribution in [2.75, 3.05) is 12.4 Å². The number of amides is 1. The molecule has 1 amide bonds. The number of hydrogen-bond acceptors (Lipinski definition) is 3. The third-order valence-corrected chi connectivity index (χ3v) is 2.98. The zero-order chi connectivity index (χ0) is 15.1. The van der Waals surface area contributed by atoms with E-state index in [0.29, 0.717) is 11.4 Å². The Morgan fingerprint density at radius 2 is 1.90 bits per heavy atom. The van der Waals surface area contributed by atoms with E-state index in [1.54, 1.807) is 31.4 Å². The van der Waals surface area contributed by atoms with E-state index in [4.69, 9.17) is 27.9 Å². The average molecular weight is 316 g/mol. The Morgan fingerprint density at radius 1 is 1.30 bits per heavy atom. The van der Waals surface area contributed by atoms with Crippen LogP contribution in [-0.4, -0.2) is 18.8 Å².